The van der Waals surface area contributed by atoms with Gasteiger partial charge in [-0.15, -0.1) is 0 Å². The highest BCUT2D eigenvalue weighted by atomic mass is 32.2. The maximum Gasteiger partial charge on any atom is 0.253 e. The van der Waals surface area contributed by atoms with Gasteiger partial charge in [-0.1, -0.05) is 12.1 Å². The maximum absolute atomic E-state index is 12.7. The number of sulfonamides is 2. The number of nitrogens with two attached hydrogens (primary N) is 2. The van der Waals surface area contributed by atoms with Crippen molar-refractivity contribution in [1.82, 2.24) is 9.66 Å². The highest BCUT2D eigenvalue weighted by Crippen LogP contribution is 2.24. The Morgan fingerprint density at radius 3 is 1.24 bits per heavy atom. The number of hydrazine groups is 2. The molecule has 0 aromatic heterocycles. The minimum absolute atomic E-state index is 0.348. The molecule has 0 fully saturated rings. The predicted octanol–water partition coefficient (Wildman–Crippen LogP) is -1.18. The molecule has 0 bridgehead atoms. The van der Waals surface area contributed by atoms with E-state index in [1.807, 2.05) is 0 Å². The molecule has 2 rings (SSSR count). The van der Waals surface area contributed by atoms with Crippen LogP contribution in [0.5, 0.6) is 0 Å². The van der Waals surface area contributed by atoms with Crippen molar-refractivity contribution in [3.8, 4) is 0 Å². The third kappa shape index (κ3) is 3.87. The summed E-state index contributed by atoms with van der Waals surface area (Å²) in [5, 5.41) is 0. The second kappa shape index (κ2) is 6.80. The molecule has 10 nitrogen and oxygen atoms in total. The fourth-order valence-electron chi connectivity index (χ4n) is 1.89. The van der Waals surface area contributed by atoms with Gasteiger partial charge >= 0.3 is 0 Å². The van der Waals surface area contributed by atoms with Crippen LogP contribution in [0, 0.1) is 0 Å². The fourth-order valence-corrected chi connectivity index (χ4v) is 4.74. The summed E-state index contributed by atoms with van der Waals surface area (Å²) in [4.78, 5) is 1.77. The predicted molar refractivity (Wildman–Crippen MR) is 87.4 cm³/mol. The molecule has 2 aromatic carbocycles. The molecule has 0 aliphatic rings. The van der Waals surface area contributed by atoms with E-state index in [-0.39, 0.29) is 19.6 Å². The van der Waals surface area contributed by atoms with Crippen LogP contribution in [0.15, 0.2) is 68.1 Å². The standard InChI is InChI=1S/C12H14N4O6S3/c13-15-24(19,20)11-5-1-3-9(7-11)23(17,18)10-4-2-6-12(8-10)25(21,22)16-14/h1-8,15-16H,13-14H2. The second-order valence-electron chi connectivity index (χ2n) is 4.70. The van der Waals surface area contributed by atoms with Crippen LogP contribution in [0.4, 0.5) is 0 Å². The van der Waals surface area contributed by atoms with Crippen molar-refractivity contribution in [2.45, 2.75) is 19.6 Å². The second-order valence-corrected chi connectivity index (χ2v) is 10.1. The quantitative estimate of drug-likeness (QED) is 0.342. The summed E-state index contributed by atoms with van der Waals surface area (Å²) in [7, 11) is -12.3. The summed E-state index contributed by atoms with van der Waals surface area (Å²) in [6, 6.07) is 8.93. The minimum atomic E-state index is -4.19. The van der Waals surface area contributed by atoms with Crippen LogP contribution in [-0.2, 0) is 29.9 Å². The van der Waals surface area contributed by atoms with E-state index >= 15 is 0 Å². The fraction of sp³-hybridized carbons (Fsp3) is 0. The molecule has 0 amide bonds. The first-order valence-electron chi connectivity index (χ1n) is 6.44. The third-order valence-corrected chi connectivity index (χ3v) is 7.28. The van der Waals surface area contributed by atoms with E-state index in [1.54, 1.807) is 9.66 Å². The molecular formula is C12H14N4O6S3. The summed E-state index contributed by atoms with van der Waals surface area (Å²) in [6.45, 7) is 0. The van der Waals surface area contributed by atoms with Gasteiger partial charge in [0.2, 0.25) is 9.84 Å². The zero-order valence-electron chi connectivity index (χ0n) is 12.4. The molecule has 0 aliphatic heterocycles. The monoisotopic (exact) mass is 406 g/mol. The van der Waals surface area contributed by atoms with Gasteiger partial charge in [0.15, 0.2) is 0 Å². The molecule has 0 radical (unpaired) electrons. The number of rotatable bonds is 6. The number of hydrogen-bond acceptors (Lipinski definition) is 8. The lowest BCUT2D eigenvalue weighted by Gasteiger charge is -2.09. The number of benzene rings is 2. The van der Waals surface area contributed by atoms with Crippen LogP contribution in [0.3, 0.4) is 0 Å². The Morgan fingerprint density at radius 2 is 0.920 bits per heavy atom. The van der Waals surface area contributed by atoms with Crippen molar-refractivity contribution in [2.24, 2.45) is 11.7 Å². The average molecular weight is 406 g/mol. The third-order valence-electron chi connectivity index (χ3n) is 3.16. The molecule has 6 N–H and O–H groups in total. The lowest BCUT2D eigenvalue weighted by molar-refractivity contribution is 0.582. The molecule has 0 aliphatic carbocycles. The molecule has 2 aromatic rings. The highest BCUT2D eigenvalue weighted by Gasteiger charge is 2.23. The lowest BCUT2D eigenvalue weighted by Crippen LogP contribution is -2.30. The number of sulfone groups is 1. The topological polar surface area (TPSA) is 179 Å². The van der Waals surface area contributed by atoms with E-state index in [9.17, 15) is 25.3 Å². The van der Waals surface area contributed by atoms with Gasteiger partial charge in [0, 0.05) is 0 Å². The molecule has 0 saturated carbocycles. The van der Waals surface area contributed by atoms with Gasteiger partial charge in [0.05, 0.1) is 19.6 Å². The van der Waals surface area contributed by atoms with Crippen molar-refractivity contribution in [3.05, 3.63) is 48.5 Å². The smallest absolute Gasteiger partial charge is 0.253 e. The van der Waals surface area contributed by atoms with Gasteiger partial charge in [0.1, 0.15) is 0 Å². The van der Waals surface area contributed by atoms with Gasteiger partial charge in [-0.3, -0.25) is 11.7 Å². The Labute approximate surface area is 144 Å². The Bertz CT molecular complexity index is 1030. The molecule has 25 heavy (non-hydrogen) atoms. The van der Waals surface area contributed by atoms with Gasteiger partial charge < -0.3 is 0 Å². The van der Waals surface area contributed by atoms with Gasteiger partial charge in [-0.05, 0) is 36.4 Å². The first-order chi connectivity index (χ1) is 11.5. The highest BCUT2D eigenvalue weighted by molar-refractivity contribution is 7.92. The largest absolute Gasteiger partial charge is 0.257 e. The SMILES string of the molecule is NNS(=O)(=O)c1cccc(S(=O)(=O)c2cccc(S(=O)(=O)NN)c2)c1. The van der Waals surface area contributed by atoms with Crippen molar-refractivity contribution in [3.63, 3.8) is 0 Å². The van der Waals surface area contributed by atoms with Gasteiger partial charge in [-0.2, -0.15) is 9.66 Å². The van der Waals surface area contributed by atoms with Crippen LogP contribution in [0.1, 0.15) is 0 Å². The van der Waals surface area contributed by atoms with Crippen molar-refractivity contribution in [2.75, 3.05) is 0 Å². The molecule has 13 heteroatoms. The summed E-state index contributed by atoms with van der Waals surface area (Å²) in [6.07, 6.45) is 0. The van der Waals surface area contributed by atoms with Gasteiger partial charge in [-0.25, -0.2) is 25.3 Å². The lowest BCUT2D eigenvalue weighted by atomic mass is 10.4. The maximum atomic E-state index is 12.7. The van der Waals surface area contributed by atoms with E-state index in [1.165, 1.54) is 24.3 Å². The zero-order valence-corrected chi connectivity index (χ0v) is 14.9. The normalized spacial score (nSPS) is 12.9. The zero-order chi connectivity index (χ0) is 18.9. The van der Waals surface area contributed by atoms with Gasteiger partial charge in [0.25, 0.3) is 20.0 Å². The van der Waals surface area contributed by atoms with Crippen LogP contribution in [-0.4, -0.2) is 25.3 Å². The Balaban J connectivity index is 2.61. The van der Waals surface area contributed by atoms with Crippen molar-refractivity contribution >= 4 is 29.9 Å². The van der Waals surface area contributed by atoms with E-state index < -0.39 is 29.9 Å². The summed E-state index contributed by atoms with van der Waals surface area (Å²) in [5.74, 6) is 9.84. The van der Waals surface area contributed by atoms with Crippen LogP contribution in [0.2, 0.25) is 0 Å². The molecule has 136 valence electrons. The van der Waals surface area contributed by atoms with Crippen LogP contribution in [0.25, 0.3) is 0 Å². The van der Waals surface area contributed by atoms with Crippen LogP contribution >= 0.6 is 0 Å². The average Bonchev–Trinajstić information content (AvgIpc) is 2.62. The van der Waals surface area contributed by atoms with E-state index in [4.69, 9.17) is 11.7 Å². The number of hydrogen-bond donors (Lipinski definition) is 4. The first-order valence-corrected chi connectivity index (χ1v) is 10.9. The Hall–Kier alpha value is -1.87. The van der Waals surface area contributed by atoms with Crippen molar-refractivity contribution in [1.29, 1.82) is 0 Å². The summed E-state index contributed by atoms with van der Waals surface area (Å²) < 4.78 is 72.2. The Kier molecular flexibility index (Phi) is 5.29. The summed E-state index contributed by atoms with van der Waals surface area (Å²) >= 11 is 0. The molecule has 0 spiro atoms. The van der Waals surface area contributed by atoms with E-state index in [0.29, 0.717) is 0 Å². The summed E-state index contributed by atoms with van der Waals surface area (Å²) in [5.41, 5.74) is 0. The minimum Gasteiger partial charge on any atom is -0.257 e. The Morgan fingerprint density at radius 1 is 0.600 bits per heavy atom. The molecule has 0 heterocycles. The van der Waals surface area contributed by atoms with E-state index in [2.05, 4.69) is 0 Å². The molecule has 0 atom stereocenters. The van der Waals surface area contributed by atoms with Crippen LogP contribution < -0.4 is 21.3 Å². The van der Waals surface area contributed by atoms with Crippen molar-refractivity contribution < 1.29 is 25.3 Å². The molecule has 0 unspecified atom stereocenters. The molecular weight excluding hydrogens is 392 g/mol. The molecule has 0 saturated heterocycles. The van der Waals surface area contributed by atoms with E-state index in [0.717, 1.165) is 24.3 Å². The first kappa shape index (κ1) is 19.5. The number of nitrogens with one attached hydrogen (secondary N) is 2.